The minimum Gasteiger partial charge on any atom is -0.493 e. The van der Waals surface area contributed by atoms with E-state index in [1.165, 1.54) is 114 Å². The molecule has 0 saturated carbocycles. The summed E-state index contributed by atoms with van der Waals surface area (Å²) >= 11 is 0. The zero-order valence-electron chi connectivity index (χ0n) is 59.3. The number of hydrogen-bond donors (Lipinski definition) is 2. The number of nitrogens with zero attached hydrogens (tertiary/aromatic N) is 2. The molecule has 0 atom stereocenters. The Bertz CT molecular complexity index is 3570. The second-order valence-corrected chi connectivity index (χ2v) is 26.5. The van der Waals surface area contributed by atoms with Crippen molar-refractivity contribution in [2.45, 2.75) is 234 Å². The molecule has 0 radical (unpaired) electrons. The molecule has 506 valence electrons. The molecule has 2 aliphatic heterocycles. The van der Waals surface area contributed by atoms with Gasteiger partial charge in [-0.05, 0) is 171 Å². The summed E-state index contributed by atoms with van der Waals surface area (Å²) in [4.78, 5) is 19.2. The molecule has 0 spiro atoms. The molecule has 0 saturated heterocycles. The van der Waals surface area contributed by atoms with E-state index in [4.69, 9.17) is 28.9 Å². The van der Waals surface area contributed by atoms with E-state index < -0.39 is 0 Å². The summed E-state index contributed by atoms with van der Waals surface area (Å²) in [6, 6.07) is 38.9. The maximum atomic E-state index is 6.72. The van der Waals surface area contributed by atoms with Gasteiger partial charge in [-0.3, -0.25) is 0 Å². The monoisotopic (exact) mass is 1290 g/mol. The highest BCUT2D eigenvalue weighted by molar-refractivity contribution is 5.96. The van der Waals surface area contributed by atoms with Gasteiger partial charge in [0.05, 0.1) is 71.4 Å². The van der Waals surface area contributed by atoms with Crippen LogP contribution in [0.5, 0.6) is 23.0 Å². The van der Waals surface area contributed by atoms with Crippen molar-refractivity contribution < 1.29 is 18.9 Å². The number of rotatable bonds is 40. The lowest BCUT2D eigenvalue weighted by Gasteiger charge is -2.14. The maximum absolute atomic E-state index is 6.72. The number of unbranched alkanes of at least 4 members (excludes halogenated alkanes) is 22. The Morgan fingerprint density at radius 1 is 0.292 bits per heavy atom. The Kier molecular flexibility index (Phi) is 30.3. The minimum atomic E-state index is 0.628. The summed E-state index contributed by atoms with van der Waals surface area (Å²) in [5.41, 5.74) is 16.3. The second-order valence-electron chi connectivity index (χ2n) is 26.5. The molecule has 7 aromatic rings. The Morgan fingerprint density at radius 2 is 0.583 bits per heavy atom. The van der Waals surface area contributed by atoms with Crippen LogP contribution in [0.1, 0.15) is 277 Å². The van der Waals surface area contributed by atoms with Crippen molar-refractivity contribution in [3.8, 4) is 68.9 Å². The van der Waals surface area contributed by atoms with Crippen LogP contribution in [0.25, 0.3) is 68.6 Å². The lowest BCUT2D eigenvalue weighted by atomic mass is 10.0. The summed E-state index contributed by atoms with van der Waals surface area (Å²) in [7, 11) is 0. The predicted molar refractivity (Wildman–Crippen MR) is 407 cm³/mol. The molecule has 0 amide bonds. The molecule has 0 unspecified atom stereocenters. The summed E-state index contributed by atoms with van der Waals surface area (Å²) in [6.45, 7) is 16.1. The molecule has 4 aromatic carbocycles. The Labute approximate surface area is 577 Å². The molecular formula is C88H110N4O4. The Hall–Kier alpha value is -8.20. The largest absolute Gasteiger partial charge is 0.493 e. The third-order valence-electron chi connectivity index (χ3n) is 18.4. The first-order chi connectivity index (χ1) is 47.4. The van der Waals surface area contributed by atoms with Gasteiger partial charge in [0.25, 0.3) is 0 Å². The van der Waals surface area contributed by atoms with E-state index >= 15 is 0 Å². The van der Waals surface area contributed by atoms with Crippen molar-refractivity contribution in [2.24, 2.45) is 0 Å². The topological polar surface area (TPSA) is 94.3 Å². The molecule has 8 bridgehead atoms. The number of ether oxygens (including phenoxy) is 4. The number of aryl methyl sites for hydroxylation is 2. The van der Waals surface area contributed by atoms with Gasteiger partial charge in [-0.2, -0.15) is 0 Å². The molecule has 5 heterocycles. The van der Waals surface area contributed by atoms with Crippen LogP contribution in [0.3, 0.4) is 0 Å². The third kappa shape index (κ3) is 22.4. The summed E-state index contributed by atoms with van der Waals surface area (Å²) in [5.74, 6) is 17.7. The number of nitrogens with one attached hydrogen (secondary N) is 2. The minimum absolute atomic E-state index is 0.628. The van der Waals surface area contributed by atoms with Crippen molar-refractivity contribution in [3.05, 3.63) is 165 Å². The normalized spacial score (nSPS) is 11.6. The van der Waals surface area contributed by atoms with Crippen LogP contribution in [0.4, 0.5) is 0 Å². The maximum Gasteiger partial charge on any atom is 0.123 e. The molecule has 96 heavy (non-hydrogen) atoms. The Morgan fingerprint density at radius 3 is 0.906 bits per heavy atom. The van der Waals surface area contributed by atoms with Gasteiger partial charge in [0.15, 0.2) is 0 Å². The van der Waals surface area contributed by atoms with E-state index in [2.05, 4.69) is 209 Å². The highest BCUT2D eigenvalue weighted by Crippen LogP contribution is 2.39. The molecule has 2 aliphatic rings. The van der Waals surface area contributed by atoms with E-state index in [1.807, 2.05) is 0 Å². The van der Waals surface area contributed by atoms with Gasteiger partial charge in [-0.25, -0.2) is 9.97 Å². The summed E-state index contributed by atoms with van der Waals surface area (Å²) in [6.07, 6.45) is 43.6. The highest BCUT2D eigenvalue weighted by atomic mass is 16.5. The first-order valence-corrected chi connectivity index (χ1v) is 37.6. The second kappa shape index (κ2) is 40.4. The molecule has 0 aliphatic carbocycles. The van der Waals surface area contributed by atoms with Gasteiger partial charge < -0.3 is 28.9 Å². The molecule has 8 heteroatoms. The quantitative estimate of drug-likeness (QED) is 0.0294. The number of fused-ring (bicyclic) bond motifs is 8. The molecule has 8 nitrogen and oxygen atoms in total. The number of hydrogen-bond acceptors (Lipinski definition) is 6. The number of aromatic amines is 2. The number of H-pyrrole nitrogens is 2. The average Bonchev–Trinajstić information content (AvgIpc) is 1.62. The predicted octanol–water partition coefficient (Wildman–Crippen LogP) is 24.4. The van der Waals surface area contributed by atoms with Crippen LogP contribution in [0, 0.1) is 23.7 Å². The smallest absolute Gasteiger partial charge is 0.123 e. The van der Waals surface area contributed by atoms with Crippen LogP contribution < -0.4 is 18.9 Å². The zero-order valence-corrected chi connectivity index (χ0v) is 59.3. The van der Waals surface area contributed by atoms with E-state index in [1.54, 1.807) is 0 Å². The first-order valence-electron chi connectivity index (χ1n) is 37.6. The van der Waals surface area contributed by atoms with Gasteiger partial charge in [0.2, 0.25) is 0 Å². The van der Waals surface area contributed by atoms with Gasteiger partial charge in [0, 0.05) is 45.4 Å². The van der Waals surface area contributed by atoms with Crippen molar-refractivity contribution >= 4 is 46.4 Å². The van der Waals surface area contributed by atoms with E-state index in [0.29, 0.717) is 26.4 Å². The summed E-state index contributed by atoms with van der Waals surface area (Å²) < 4.78 is 26.9. The molecular weight excluding hydrogens is 1180 g/mol. The van der Waals surface area contributed by atoms with E-state index in [9.17, 15) is 0 Å². The number of aromatic nitrogens is 4. The first kappa shape index (κ1) is 72.1. The highest BCUT2D eigenvalue weighted by Gasteiger charge is 2.20. The fraction of sp³-hybridized carbons (Fsp3) is 0.455. The number of benzene rings is 4. The SMILES string of the molecule is CCCCCCCCOc1cc(OCCCCCCCC)cc(-c2c3nc(c(C#Cc4ccc(CCCC)cc4)c4ccc([nH]4)c(-c4cc(OCCCCCCCC)cc(OCCCCCCCC)c4)c4nc(c(C#Cc5ccc(CCCC)cc5)c5ccc2[nH]5)C=C4)C=C3)c1. The van der Waals surface area contributed by atoms with Crippen molar-refractivity contribution in [2.75, 3.05) is 26.4 Å². The fourth-order valence-corrected chi connectivity index (χ4v) is 12.7. The Balaban J connectivity index is 1.27. The van der Waals surface area contributed by atoms with Gasteiger partial charge in [0.1, 0.15) is 23.0 Å². The van der Waals surface area contributed by atoms with Crippen molar-refractivity contribution in [1.29, 1.82) is 0 Å². The molecule has 3 aromatic heterocycles. The average molecular weight is 1290 g/mol. The third-order valence-corrected chi connectivity index (χ3v) is 18.4. The van der Waals surface area contributed by atoms with E-state index in [-0.39, 0.29) is 0 Å². The van der Waals surface area contributed by atoms with Gasteiger partial charge >= 0.3 is 0 Å². The lowest BCUT2D eigenvalue weighted by molar-refractivity contribution is 0.289. The van der Waals surface area contributed by atoms with E-state index in [0.717, 1.165) is 202 Å². The van der Waals surface area contributed by atoms with Crippen molar-refractivity contribution in [3.63, 3.8) is 0 Å². The van der Waals surface area contributed by atoms with Crippen LogP contribution >= 0.6 is 0 Å². The summed E-state index contributed by atoms with van der Waals surface area (Å²) in [5, 5.41) is 0. The van der Waals surface area contributed by atoms with Crippen molar-refractivity contribution in [1.82, 2.24) is 19.9 Å². The standard InChI is InChI=1S/C88H110N4O4/c1-7-13-19-23-27-31-57-93-73-61-71(62-74(65-73)94-58-32-28-24-20-14-8-2)87-83-53-49-79(89-83)77(47-45-69-41-37-67(38-42-69)35-17-11-5)81-51-55-85(91-81)88(72-63-75(95-59-33-29-25-21-15-9-3)66-76(64-72)96-60-34-30-26-22-16-10-4)86-56-52-82(92-86)78(80-50-54-84(87)90-80)48-46-70-43-39-68(40-44-70)36-18-12-6/h37-44,49-56,61-66,89,92H,7-36,57-60H2,1-6H3. The van der Waals surface area contributed by atoms with Crippen LogP contribution in [-0.2, 0) is 12.8 Å². The van der Waals surface area contributed by atoms with Crippen LogP contribution in [-0.4, -0.2) is 46.4 Å². The fourth-order valence-electron chi connectivity index (χ4n) is 12.7. The van der Waals surface area contributed by atoms with Crippen LogP contribution in [0.2, 0.25) is 0 Å². The molecule has 2 N–H and O–H groups in total. The zero-order chi connectivity index (χ0) is 66.8. The van der Waals surface area contributed by atoms with Crippen LogP contribution in [0.15, 0.2) is 109 Å². The van der Waals surface area contributed by atoms with Gasteiger partial charge in [-0.15, -0.1) is 0 Å². The molecule has 0 fully saturated rings. The lowest BCUT2D eigenvalue weighted by Crippen LogP contribution is -2.01. The molecule has 9 rings (SSSR count). The van der Waals surface area contributed by atoms with Gasteiger partial charge in [-0.1, -0.05) is 231 Å².